The Morgan fingerprint density at radius 1 is 1.10 bits per heavy atom. The van der Waals surface area contributed by atoms with Crippen molar-refractivity contribution in [1.29, 1.82) is 0 Å². The van der Waals surface area contributed by atoms with E-state index in [9.17, 15) is 0 Å². The van der Waals surface area contributed by atoms with Crippen LogP contribution in [-0.2, 0) is 6.54 Å². The Hall–Kier alpha value is -1.32. The van der Waals surface area contributed by atoms with Gasteiger partial charge in [0.25, 0.3) is 0 Å². The molecule has 0 aliphatic heterocycles. The van der Waals surface area contributed by atoms with Gasteiger partial charge in [-0.15, -0.1) is 0 Å². The molecule has 2 aromatic carbocycles. The van der Waals surface area contributed by atoms with E-state index in [0.29, 0.717) is 12.6 Å². The minimum absolute atomic E-state index is 0.369. The van der Waals surface area contributed by atoms with Crippen LogP contribution in [0.2, 0.25) is 0 Å². The molecule has 0 saturated heterocycles. The van der Waals surface area contributed by atoms with Crippen LogP contribution in [-0.4, -0.2) is 6.61 Å². The fraction of sp³-hybridized carbons (Fsp3) is 0.333. The summed E-state index contributed by atoms with van der Waals surface area (Å²) in [5.41, 5.74) is 2.57. The molecule has 2 rings (SSSR count). The Kier molecular flexibility index (Phi) is 6.27. The van der Waals surface area contributed by atoms with Crippen LogP contribution in [0.15, 0.2) is 53.0 Å². The quantitative estimate of drug-likeness (QED) is 0.753. The van der Waals surface area contributed by atoms with E-state index in [1.54, 1.807) is 0 Å². The number of hydrogen-bond acceptors (Lipinski definition) is 2. The number of rotatable bonds is 7. The summed E-state index contributed by atoms with van der Waals surface area (Å²) in [6.07, 6.45) is 1.06. The van der Waals surface area contributed by atoms with Crippen LogP contribution in [0.3, 0.4) is 0 Å². The number of hydrogen-bond donors (Lipinski definition) is 1. The molecule has 0 amide bonds. The molecule has 2 aromatic rings. The van der Waals surface area contributed by atoms with Crippen LogP contribution in [0.25, 0.3) is 0 Å². The largest absolute Gasteiger partial charge is 0.494 e. The Balaban J connectivity index is 1.99. The van der Waals surface area contributed by atoms with Gasteiger partial charge in [-0.1, -0.05) is 47.1 Å². The number of ether oxygens (including phenoxy) is 1. The van der Waals surface area contributed by atoms with Crippen LogP contribution in [0, 0.1) is 0 Å². The van der Waals surface area contributed by atoms with Gasteiger partial charge in [0.05, 0.1) is 6.61 Å². The van der Waals surface area contributed by atoms with Gasteiger partial charge < -0.3 is 10.1 Å². The molecule has 21 heavy (non-hydrogen) atoms. The fourth-order valence-corrected chi connectivity index (χ4v) is 2.61. The van der Waals surface area contributed by atoms with Crippen LogP contribution >= 0.6 is 15.9 Å². The summed E-state index contributed by atoms with van der Waals surface area (Å²) in [6.45, 7) is 5.75. The molecule has 0 spiro atoms. The van der Waals surface area contributed by atoms with E-state index in [2.05, 4.69) is 64.6 Å². The molecule has 0 fully saturated rings. The lowest BCUT2D eigenvalue weighted by Crippen LogP contribution is -2.20. The molecule has 1 unspecified atom stereocenters. The highest BCUT2D eigenvalue weighted by atomic mass is 79.9. The van der Waals surface area contributed by atoms with E-state index >= 15 is 0 Å². The third-order valence-electron chi connectivity index (χ3n) is 3.44. The van der Waals surface area contributed by atoms with Crippen molar-refractivity contribution in [3.8, 4) is 5.75 Å². The molecule has 0 aliphatic carbocycles. The van der Waals surface area contributed by atoms with Crippen molar-refractivity contribution in [3.05, 3.63) is 64.1 Å². The highest BCUT2D eigenvalue weighted by Gasteiger charge is 2.08. The maximum absolute atomic E-state index is 5.54. The molecule has 0 saturated carbocycles. The molecule has 0 radical (unpaired) electrons. The first kappa shape index (κ1) is 16.1. The molecule has 0 aromatic heterocycles. The maximum Gasteiger partial charge on any atom is 0.119 e. The van der Waals surface area contributed by atoms with Crippen LogP contribution in [0.4, 0.5) is 0 Å². The molecule has 112 valence electrons. The first-order chi connectivity index (χ1) is 10.2. The smallest absolute Gasteiger partial charge is 0.119 e. The summed E-state index contributed by atoms with van der Waals surface area (Å²) < 4.78 is 6.66. The fourth-order valence-electron chi connectivity index (χ4n) is 2.35. The van der Waals surface area contributed by atoms with Crippen molar-refractivity contribution < 1.29 is 4.74 Å². The molecular formula is C18H22BrNO. The predicted octanol–water partition coefficient (Wildman–Crippen LogP) is 5.09. The van der Waals surface area contributed by atoms with Gasteiger partial charge in [-0.25, -0.2) is 0 Å². The average Bonchev–Trinajstić information content (AvgIpc) is 2.50. The normalized spacial score (nSPS) is 12.1. The Labute approximate surface area is 135 Å². The summed E-state index contributed by atoms with van der Waals surface area (Å²) in [7, 11) is 0. The molecule has 1 atom stereocenters. The van der Waals surface area contributed by atoms with Crippen molar-refractivity contribution >= 4 is 15.9 Å². The number of benzene rings is 2. The van der Waals surface area contributed by atoms with Crippen molar-refractivity contribution in [1.82, 2.24) is 5.32 Å². The monoisotopic (exact) mass is 347 g/mol. The van der Waals surface area contributed by atoms with Crippen LogP contribution in [0.1, 0.15) is 37.4 Å². The second kappa shape index (κ2) is 8.20. The Bertz CT molecular complexity index is 553. The van der Waals surface area contributed by atoms with E-state index in [4.69, 9.17) is 4.74 Å². The maximum atomic E-state index is 5.54. The summed E-state index contributed by atoms with van der Waals surface area (Å²) >= 11 is 3.48. The standard InChI is InChI=1S/C18H22BrNO/c1-3-18(15-8-10-16(19)11-9-15)20-13-14-6-5-7-17(12-14)21-4-2/h5-12,18,20H,3-4,13H2,1-2H3. The lowest BCUT2D eigenvalue weighted by molar-refractivity contribution is 0.339. The SMILES string of the molecule is CCOc1cccc(CNC(CC)c2ccc(Br)cc2)c1. The molecule has 0 aliphatic rings. The number of halogens is 1. The first-order valence-corrected chi connectivity index (χ1v) is 8.22. The predicted molar refractivity (Wildman–Crippen MR) is 91.6 cm³/mol. The Morgan fingerprint density at radius 3 is 2.52 bits per heavy atom. The third kappa shape index (κ3) is 4.87. The van der Waals surface area contributed by atoms with Crippen molar-refractivity contribution in [2.24, 2.45) is 0 Å². The van der Waals surface area contributed by atoms with E-state index in [-0.39, 0.29) is 0 Å². The van der Waals surface area contributed by atoms with Gasteiger partial charge in [0.2, 0.25) is 0 Å². The number of nitrogens with one attached hydrogen (secondary N) is 1. The van der Waals surface area contributed by atoms with E-state index in [0.717, 1.165) is 23.2 Å². The second-order valence-electron chi connectivity index (χ2n) is 4.97. The van der Waals surface area contributed by atoms with Gasteiger partial charge in [0.15, 0.2) is 0 Å². The van der Waals surface area contributed by atoms with Crippen molar-refractivity contribution in [2.75, 3.05) is 6.61 Å². The lowest BCUT2D eigenvalue weighted by atomic mass is 10.0. The molecule has 1 N–H and O–H groups in total. The molecule has 0 bridgehead atoms. The minimum Gasteiger partial charge on any atom is -0.494 e. The van der Waals surface area contributed by atoms with Crippen LogP contribution < -0.4 is 10.1 Å². The van der Waals surface area contributed by atoms with E-state index < -0.39 is 0 Å². The summed E-state index contributed by atoms with van der Waals surface area (Å²) in [4.78, 5) is 0. The minimum atomic E-state index is 0.369. The highest BCUT2D eigenvalue weighted by Crippen LogP contribution is 2.20. The summed E-state index contributed by atoms with van der Waals surface area (Å²) in [5.74, 6) is 0.938. The van der Waals surface area contributed by atoms with Gasteiger partial charge in [0, 0.05) is 17.1 Å². The van der Waals surface area contributed by atoms with Gasteiger partial charge >= 0.3 is 0 Å². The van der Waals surface area contributed by atoms with Gasteiger partial charge in [0.1, 0.15) is 5.75 Å². The third-order valence-corrected chi connectivity index (χ3v) is 3.97. The van der Waals surface area contributed by atoms with Gasteiger partial charge in [-0.2, -0.15) is 0 Å². The van der Waals surface area contributed by atoms with Crippen molar-refractivity contribution in [3.63, 3.8) is 0 Å². The highest BCUT2D eigenvalue weighted by molar-refractivity contribution is 9.10. The summed E-state index contributed by atoms with van der Waals surface area (Å²) in [6, 6.07) is 17.2. The zero-order chi connectivity index (χ0) is 15.1. The second-order valence-corrected chi connectivity index (χ2v) is 5.89. The molecular weight excluding hydrogens is 326 g/mol. The molecule has 2 nitrogen and oxygen atoms in total. The zero-order valence-electron chi connectivity index (χ0n) is 12.6. The van der Waals surface area contributed by atoms with Gasteiger partial charge in [-0.3, -0.25) is 0 Å². The Morgan fingerprint density at radius 2 is 1.86 bits per heavy atom. The first-order valence-electron chi connectivity index (χ1n) is 7.43. The van der Waals surface area contributed by atoms with Crippen LogP contribution in [0.5, 0.6) is 5.75 Å². The van der Waals surface area contributed by atoms with E-state index in [1.807, 2.05) is 19.1 Å². The van der Waals surface area contributed by atoms with Gasteiger partial charge in [-0.05, 0) is 48.7 Å². The van der Waals surface area contributed by atoms with E-state index in [1.165, 1.54) is 11.1 Å². The topological polar surface area (TPSA) is 21.3 Å². The molecule has 0 heterocycles. The summed E-state index contributed by atoms with van der Waals surface area (Å²) in [5, 5.41) is 3.62. The zero-order valence-corrected chi connectivity index (χ0v) is 14.2. The van der Waals surface area contributed by atoms with Crippen molar-refractivity contribution in [2.45, 2.75) is 32.9 Å². The average molecular weight is 348 g/mol. The molecule has 3 heteroatoms. The lowest BCUT2D eigenvalue weighted by Gasteiger charge is -2.18.